The maximum absolute atomic E-state index is 5.97. The Kier molecular flexibility index (Phi) is 3.90. The van der Waals surface area contributed by atoms with Gasteiger partial charge in [-0.2, -0.15) is 0 Å². The molecule has 2 rings (SSSR count). The van der Waals surface area contributed by atoms with E-state index in [0.717, 1.165) is 19.5 Å². The molecule has 1 saturated heterocycles. The summed E-state index contributed by atoms with van der Waals surface area (Å²) < 4.78 is 0. The molecule has 1 fully saturated rings. The topological polar surface area (TPSA) is 3.24 Å². The zero-order valence-corrected chi connectivity index (χ0v) is 10.1. The summed E-state index contributed by atoms with van der Waals surface area (Å²) in [4.78, 5) is 2.11. The molecule has 1 nitrogen and oxygen atoms in total. The van der Waals surface area contributed by atoms with E-state index in [1.807, 2.05) is 6.07 Å². The lowest BCUT2D eigenvalue weighted by Crippen LogP contribution is -2.33. The minimum Gasteiger partial charge on any atom is -0.293 e. The standard InChI is InChI=1S/C12H15Cl2N/c13-12(14)11-7-4-8-15(11)9-10-5-2-1-3-6-10/h1-3,5-6,11-12H,4,7-9H2. The van der Waals surface area contributed by atoms with E-state index in [2.05, 4.69) is 29.2 Å². The lowest BCUT2D eigenvalue weighted by atomic mass is 10.2. The van der Waals surface area contributed by atoms with Crippen LogP contribution in [0.1, 0.15) is 18.4 Å². The fourth-order valence-electron chi connectivity index (χ4n) is 2.15. The number of benzene rings is 1. The Morgan fingerprint density at radius 3 is 2.67 bits per heavy atom. The number of likely N-dealkylation sites (tertiary alicyclic amines) is 1. The number of hydrogen-bond acceptors (Lipinski definition) is 1. The largest absolute Gasteiger partial charge is 0.293 e. The van der Waals surface area contributed by atoms with Crippen molar-refractivity contribution < 1.29 is 0 Å². The first kappa shape index (κ1) is 11.3. The lowest BCUT2D eigenvalue weighted by molar-refractivity contribution is 0.255. The van der Waals surface area contributed by atoms with Crippen molar-refractivity contribution in [2.24, 2.45) is 0 Å². The smallest absolute Gasteiger partial charge is 0.123 e. The fourth-order valence-corrected chi connectivity index (χ4v) is 2.72. The molecule has 1 aromatic rings. The van der Waals surface area contributed by atoms with Gasteiger partial charge >= 0.3 is 0 Å². The van der Waals surface area contributed by atoms with Crippen molar-refractivity contribution in [3.8, 4) is 0 Å². The highest BCUT2D eigenvalue weighted by molar-refractivity contribution is 6.44. The Hall–Kier alpha value is -0.240. The maximum atomic E-state index is 5.97. The van der Waals surface area contributed by atoms with E-state index < -0.39 is 0 Å². The second-order valence-electron chi connectivity index (χ2n) is 4.00. The van der Waals surface area contributed by atoms with Gasteiger partial charge < -0.3 is 0 Å². The molecule has 1 aliphatic heterocycles. The van der Waals surface area contributed by atoms with E-state index in [1.165, 1.54) is 12.0 Å². The van der Waals surface area contributed by atoms with Crippen molar-refractivity contribution in [3.05, 3.63) is 35.9 Å². The summed E-state index contributed by atoms with van der Waals surface area (Å²) in [5, 5.41) is 0. The zero-order chi connectivity index (χ0) is 10.7. The molecule has 0 radical (unpaired) electrons. The Morgan fingerprint density at radius 2 is 2.00 bits per heavy atom. The van der Waals surface area contributed by atoms with E-state index in [9.17, 15) is 0 Å². The molecular formula is C12H15Cl2N. The molecule has 3 heteroatoms. The molecule has 0 amide bonds. The predicted octanol–water partition coefficient (Wildman–Crippen LogP) is 3.45. The molecule has 0 aromatic heterocycles. The third-order valence-corrected chi connectivity index (χ3v) is 3.52. The van der Waals surface area contributed by atoms with Crippen molar-refractivity contribution in [2.75, 3.05) is 6.54 Å². The summed E-state index contributed by atoms with van der Waals surface area (Å²) in [5.41, 5.74) is 1.33. The van der Waals surface area contributed by atoms with Crippen LogP contribution < -0.4 is 0 Å². The summed E-state index contributed by atoms with van der Waals surface area (Å²) >= 11 is 11.9. The van der Waals surface area contributed by atoms with Crippen LogP contribution in [-0.2, 0) is 6.54 Å². The van der Waals surface area contributed by atoms with Crippen LogP contribution in [0, 0.1) is 0 Å². The van der Waals surface area contributed by atoms with E-state index in [0.29, 0.717) is 6.04 Å². The van der Waals surface area contributed by atoms with Gasteiger partial charge in [-0.05, 0) is 24.9 Å². The average molecular weight is 244 g/mol. The van der Waals surface area contributed by atoms with Crippen molar-refractivity contribution >= 4 is 23.2 Å². The van der Waals surface area contributed by atoms with Crippen LogP contribution in [-0.4, -0.2) is 22.3 Å². The summed E-state index contributed by atoms with van der Waals surface area (Å²) in [5.74, 6) is 0. The van der Waals surface area contributed by atoms with Crippen molar-refractivity contribution in [3.63, 3.8) is 0 Å². The summed E-state index contributed by atoms with van der Waals surface area (Å²) in [7, 11) is 0. The molecule has 0 spiro atoms. The highest BCUT2D eigenvalue weighted by Gasteiger charge is 2.29. The number of rotatable bonds is 3. The Morgan fingerprint density at radius 1 is 1.27 bits per heavy atom. The molecule has 1 aliphatic rings. The van der Waals surface area contributed by atoms with Gasteiger partial charge in [-0.15, -0.1) is 23.2 Å². The van der Waals surface area contributed by atoms with Gasteiger partial charge in [-0.1, -0.05) is 30.3 Å². The monoisotopic (exact) mass is 243 g/mol. The van der Waals surface area contributed by atoms with Gasteiger partial charge in [0.2, 0.25) is 0 Å². The number of nitrogens with zero attached hydrogens (tertiary/aromatic N) is 1. The second-order valence-corrected chi connectivity index (χ2v) is 5.16. The first-order valence-corrected chi connectivity index (χ1v) is 6.21. The maximum Gasteiger partial charge on any atom is 0.123 e. The van der Waals surface area contributed by atoms with Crippen LogP contribution in [0.15, 0.2) is 30.3 Å². The normalized spacial score (nSPS) is 22.5. The number of alkyl halides is 2. The van der Waals surface area contributed by atoms with E-state index in [1.54, 1.807) is 0 Å². The van der Waals surface area contributed by atoms with Crippen LogP contribution in [0.4, 0.5) is 0 Å². The number of hydrogen-bond donors (Lipinski definition) is 0. The minimum absolute atomic E-state index is 0.267. The molecular weight excluding hydrogens is 229 g/mol. The third kappa shape index (κ3) is 2.87. The van der Waals surface area contributed by atoms with Crippen molar-refractivity contribution in [1.82, 2.24) is 4.90 Å². The minimum atomic E-state index is -0.267. The van der Waals surface area contributed by atoms with Crippen LogP contribution in [0.2, 0.25) is 0 Å². The van der Waals surface area contributed by atoms with Crippen LogP contribution in [0.5, 0.6) is 0 Å². The molecule has 1 aromatic carbocycles. The summed E-state index contributed by atoms with van der Waals surface area (Å²) in [6, 6.07) is 10.8. The van der Waals surface area contributed by atoms with E-state index in [-0.39, 0.29) is 4.84 Å². The molecule has 82 valence electrons. The van der Waals surface area contributed by atoms with Gasteiger partial charge in [0.15, 0.2) is 0 Å². The highest BCUT2D eigenvalue weighted by atomic mass is 35.5. The molecule has 0 aliphatic carbocycles. The molecule has 1 heterocycles. The highest BCUT2D eigenvalue weighted by Crippen LogP contribution is 2.26. The number of halogens is 2. The molecule has 1 unspecified atom stereocenters. The SMILES string of the molecule is ClC(Cl)C1CCCN1Cc1ccccc1. The van der Waals surface area contributed by atoms with Gasteiger partial charge in [0.25, 0.3) is 0 Å². The first-order valence-electron chi connectivity index (χ1n) is 5.33. The van der Waals surface area contributed by atoms with Gasteiger partial charge in [0.1, 0.15) is 4.84 Å². The Bertz CT molecular complexity index is 300. The van der Waals surface area contributed by atoms with Crippen LogP contribution in [0.25, 0.3) is 0 Å². The Balaban J connectivity index is 2.00. The van der Waals surface area contributed by atoms with Crippen LogP contribution >= 0.6 is 23.2 Å². The molecule has 1 atom stereocenters. The fraction of sp³-hybridized carbons (Fsp3) is 0.500. The van der Waals surface area contributed by atoms with Gasteiger partial charge in [-0.3, -0.25) is 4.90 Å². The summed E-state index contributed by atoms with van der Waals surface area (Å²) in [6.07, 6.45) is 2.32. The van der Waals surface area contributed by atoms with Crippen molar-refractivity contribution in [1.29, 1.82) is 0 Å². The van der Waals surface area contributed by atoms with E-state index in [4.69, 9.17) is 23.2 Å². The van der Waals surface area contributed by atoms with Gasteiger partial charge in [-0.25, -0.2) is 0 Å². The summed E-state index contributed by atoms with van der Waals surface area (Å²) in [6.45, 7) is 2.07. The van der Waals surface area contributed by atoms with Crippen molar-refractivity contribution in [2.45, 2.75) is 30.3 Å². The third-order valence-electron chi connectivity index (χ3n) is 2.93. The molecule has 0 N–H and O–H groups in total. The molecule has 0 saturated carbocycles. The average Bonchev–Trinajstić information content (AvgIpc) is 2.67. The second kappa shape index (κ2) is 5.20. The zero-order valence-electron chi connectivity index (χ0n) is 8.57. The molecule has 15 heavy (non-hydrogen) atoms. The van der Waals surface area contributed by atoms with E-state index >= 15 is 0 Å². The first-order chi connectivity index (χ1) is 7.27. The Labute approximate surface area is 101 Å². The quantitative estimate of drug-likeness (QED) is 0.736. The van der Waals surface area contributed by atoms with Gasteiger partial charge in [0.05, 0.1) is 0 Å². The molecule has 0 bridgehead atoms. The predicted molar refractivity (Wildman–Crippen MR) is 65.4 cm³/mol. The van der Waals surface area contributed by atoms with Gasteiger partial charge in [0, 0.05) is 12.6 Å². The van der Waals surface area contributed by atoms with Crippen LogP contribution in [0.3, 0.4) is 0 Å². The lowest BCUT2D eigenvalue weighted by Gasteiger charge is -2.25.